The van der Waals surface area contributed by atoms with Crippen LogP contribution in [0.4, 0.5) is 13.2 Å². The van der Waals surface area contributed by atoms with Crippen LogP contribution in [0.3, 0.4) is 0 Å². The minimum absolute atomic E-state index is 0.0519. The Morgan fingerprint density at radius 2 is 1.73 bits per heavy atom. The van der Waals surface area contributed by atoms with Crippen molar-refractivity contribution in [3.05, 3.63) is 11.9 Å². The zero-order chi connectivity index (χ0) is 8.85. The van der Waals surface area contributed by atoms with Crippen LogP contribution in [0.25, 0.3) is 0 Å². The van der Waals surface area contributed by atoms with Gasteiger partial charge < -0.3 is 0 Å². The van der Waals surface area contributed by atoms with Crippen molar-refractivity contribution in [3.8, 4) is 0 Å². The highest BCUT2D eigenvalue weighted by molar-refractivity contribution is 4.97. The van der Waals surface area contributed by atoms with Crippen molar-refractivity contribution >= 4 is 0 Å². The molecular formula is C8H13F3. The topological polar surface area (TPSA) is 0 Å². The maximum absolute atomic E-state index is 12.3. The van der Waals surface area contributed by atoms with E-state index in [1.165, 1.54) is 0 Å². The van der Waals surface area contributed by atoms with Gasteiger partial charge in [-0.1, -0.05) is 13.8 Å². The summed E-state index contributed by atoms with van der Waals surface area (Å²) in [7, 11) is 0. The molecule has 0 unspecified atom stereocenters. The van der Waals surface area contributed by atoms with Crippen LogP contribution in [-0.2, 0) is 0 Å². The molecule has 0 nitrogen and oxygen atoms in total. The first-order chi connectivity index (χ1) is 5.11. The molecule has 66 valence electrons. The third-order valence-corrected chi connectivity index (χ3v) is 1.65. The van der Waals surface area contributed by atoms with E-state index in [1.807, 2.05) is 13.8 Å². The zero-order valence-electron chi connectivity index (χ0n) is 6.78. The fourth-order valence-corrected chi connectivity index (χ4v) is 0.822. The molecule has 0 aliphatic carbocycles. The second-order valence-corrected chi connectivity index (χ2v) is 2.43. The third-order valence-electron chi connectivity index (χ3n) is 1.65. The van der Waals surface area contributed by atoms with E-state index in [4.69, 9.17) is 0 Å². The maximum Gasteiger partial charge on any atom is 0.289 e. The Labute approximate surface area is 65.1 Å². The molecule has 0 saturated carbocycles. The van der Waals surface area contributed by atoms with Crippen LogP contribution in [0.1, 0.15) is 26.7 Å². The first-order valence-electron chi connectivity index (χ1n) is 3.77. The lowest BCUT2D eigenvalue weighted by Gasteiger charge is -2.05. The molecule has 0 aromatic rings. The Hall–Kier alpha value is -0.470. The number of allylic oxidation sites excluding steroid dienone is 2. The number of alkyl halides is 2. The average molecular weight is 166 g/mol. The summed E-state index contributed by atoms with van der Waals surface area (Å²) in [6.07, 6.45) is -0.520. The first-order valence-corrected chi connectivity index (χ1v) is 3.77. The third kappa shape index (κ3) is 4.06. The Morgan fingerprint density at radius 3 is 2.00 bits per heavy atom. The van der Waals surface area contributed by atoms with Crippen LogP contribution >= 0.6 is 0 Å². The van der Waals surface area contributed by atoms with Crippen LogP contribution in [0.5, 0.6) is 0 Å². The van der Waals surface area contributed by atoms with Crippen molar-refractivity contribution in [2.45, 2.75) is 33.1 Å². The van der Waals surface area contributed by atoms with Crippen molar-refractivity contribution < 1.29 is 13.2 Å². The van der Waals surface area contributed by atoms with Gasteiger partial charge in [0.25, 0.3) is 6.43 Å². The van der Waals surface area contributed by atoms with Crippen molar-refractivity contribution in [1.82, 2.24) is 0 Å². The highest BCUT2D eigenvalue weighted by Crippen LogP contribution is 2.17. The van der Waals surface area contributed by atoms with Crippen molar-refractivity contribution in [1.29, 1.82) is 0 Å². The molecule has 0 bridgehead atoms. The SMILES string of the molecule is CCC(/C=C(\F)C(F)F)CC. The molecule has 0 atom stereocenters. The van der Waals surface area contributed by atoms with E-state index < -0.39 is 12.3 Å². The highest BCUT2D eigenvalue weighted by Gasteiger charge is 2.11. The minimum Gasteiger partial charge on any atom is -0.206 e. The molecule has 0 fully saturated rings. The fraction of sp³-hybridized carbons (Fsp3) is 0.750. The number of hydrogen-bond donors (Lipinski definition) is 0. The van der Waals surface area contributed by atoms with Crippen molar-refractivity contribution in [2.24, 2.45) is 5.92 Å². The average Bonchev–Trinajstić information content (AvgIpc) is 1.99. The Balaban J connectivity index is 4.03. The second-order valence-electron chi connectivity index (χ2n) is 2.43. The fourth-order valence-electron chi connectivity index (χ4n) is 0.822. The lowest BCUT2D eigenvalue weighted by Crippen LogP contribution is -1.97. The van der Waals surface area contributed by atoms with Crippen LogP contribution in [0, 0.1) is 5.92 Å². The van der Waals surface area contributed by atoms with Gasteiger partial charge in [-0.15, -0.1) is 0 Å². The molecule has 3 heteroatoms. The molecule has 11 heavy (non-hydrogen) atoms. The number of halogens is 3. The van der Waals surface area contributed by atoms with Crippen molar-refractivity contribution in [2.75, 3.05) is 0 Å². The molecule has 0 aromatic carbocycles. The Bertz CT molecular complexity index is 125. The van der Waals surface area contributed by atoms with Crippen LogP contribution in [-0.4, -0.2) is 6.43 Å². The maximum atomic E-state index is 12.3. The van der Waals surface area contributed by atoms with Gasteiger partial charge in [0.2, 0.25) is 0 Å². The van der Waals surface area contributed by atoms with E-state index in [0.29, 0.717) is 12.8 Å². The first kappa shape index (κ1) is 10.5. The van der Waals surface area contributed by atoms with E-state index in [0.717, 1.165) is 6.08 Å². The van der Waals surface area contributed by atoms with Gasteiger partial charge in [0.05, 0.1) is 0 Å². The Morgan fingerprint density at radius 1 is 1.27 bits per heavy atom. The predicted octanol–water partition coefficient (Wildman–Crippen LogP) is 3.54. The molecule has 0 aliphatic rings. The monoisotopic (exact) mass is 166 g/mol. The quantitative estimate of drug-likeness (QED) is 0.599. The van der Waals surface area contributed by atoms with Gasteiger partial charge in [0, 0.05) is 0 Å². The minimum atomic E-state index is -2.95. The molecule has 0 amide bonds. The number of rotatable bonds is 4. The van der Waals surface area contributed by atoms with E-state index in [9.17, 15) is 13.2 Å². The van der Waals surface area contributed by atoms with E-state index in [1.54, 1.807) is 0 Å². The zero-order valence-corrected chi connectivity index (χ0v) is 6.78. The molecular weight excluding hydrogens is 153 g/mol. The molecule has 0 rings (SSSR count). The van der Waals surface area contributed by atoms with Crippen LogP contribution in [0.2, 0.25) is 0 Å². The summed E-state index contributed by atoms with van der Waals surface area (Å²) in [5.41, 5.74) is 0. The molecule has 0 N–H and O–H groups in total. The van der Waals surface area contributed by atoms with Crippen molar-refractivity contribution in [3.63, 3.8) is 0 Å². The van der Waals surface area contributed by atoms with E-state index in [-0.39, 0.29) is 5.92 Å². The molecule has 0 saturated heterocycles. The highest BCUT2D eigenvalue weighted by atomic mass is 19.3. The summed E-state index contributed by atoms with van der Waals surface area (Å²) < 4.78 is 35.5. The second kappa shape index (κ2) is 5.22. The lowest BCUT2D eigenvalue weighted by atomic mass is 10.0. The molecule has 0 aliphatic heterocycles. The van der Waals surface area contributed by atoms with Gasteiger partial charge in [-0.05, 0) is 24.8 Å². The largest absolute Gasteiger partial charge is 0.289 e. The standard InChI is InChI=1S/C8H13F3/c1-3-6(4-2)5-7(9)8(10)11/h5-6,8H,3-4H2,1-2H3/b7-5-. The van der Waals surface area contributed by atoms with Gasteiger partial charge >= 0.3 is 0 Å². The van der Waals surface area contributed by atoms with Crippen LogP contribution < -0.4 is 0 Å². The summed E-state index contributed by atoms with van der Waals surface area (Å²) in [6, 6.07) is 0. The summed E-state index contributed by atoms with van der Waals surface area (Å²) in [5, 5.41) is 0. The normalized spacial score (nSPS) is 13.2. The van der Waals surface area contributed by atoms with Crippen LogP contribution in [0.15, 0.2) is 11.9 Å². The molecule has 0 heterocycles. The smallest absolute Gasteiger partial charge is 0.206 e. The van der Waals surface area contributed by atoms with Gasteiger partial charge in [0.1, 0.15) is 0 Å². The summed E-state index contributed by atoms with van der Waals surface area (Å²) in [6.45, 7) is 3.70. The number of hydrogen-bond acceptors (Lipinski definition) is 0. The summed E-state index contributed by atoms with van der Waals surface area (Å²) in [4.78, 5) is 0. The molecule has 0 aromatic heterocycles. The Kier molecular flexibility index (Phi) is 4.99. The molecule has 0 radical (unpaired) electrons. The molecule has 0 spiro atoms. The predicted molar refractivity (Wildman–Crippen MR) is 39.3 cm³/mol. The lowest BCUT2D eigenvalue weighted by molar-refractivity contribution is 0.157. The van der Waals surface area contributed by atoms with Gasteiger partial charge in [-0.3, -0.25) is 0 Å². The van der Waals surface area contributed by atoms with Gasteiger partial charge in [-0.2, -0.15) is 0 Å². The summed E-state index contributed by atoms with van der Waals surface area (Å²) >= 11 is 0. The van der Waals surface area contributed by atoms with Gasteiger partial charge in [0.15, 0.2) is 5.83 Å². The van der Waals surface area contributed by atoms with E-state index >= 15 is 0 Å². The van der Waals surface area contributed by atoms with E-state index in [2.05, 4.69) is 0 Å². The summed E-state index contributed by atoms with van der Waals surface area (Å²) in [5.74, 6) is -1.34. The van der Waals surface area contributed by atoms with Gasteiger partial charge in [-0.25, -0.2) is 13.2 Å².